The van der Waals surface area contributed by atoms with E-state index in [0.29, 0.717) is 0 Å². The van der Waals surface area contributed by atoms with Crippen LogP contribution in [-0.2, 0) is 0 Å². The van der Waals surface area contributed by atoms with Crippen LogP contribution in [0.15, 0.2) is 72.9 Å². The summed E-state index contributed by atoms with van der Waals surface area (Å²) in [5.74, 6) is 0.963. The Morgan fingerprint density at radius 2 is 1.71 bits per heavy atom. The van der Waals surface area contributed by atoms with Crippen LogP contribution in [0.1, 0.15) is 29.0 Å². The van der Waals surface area contributed by atoms with Crippen molar-refractivity contribution in [1.29, 1.82) is 0 Å². The van der Waals surface area contributed by atoms with E-state index in [2.05, 4.69) is 76.7 Å². The van der Waals surface area contributed by atoms with Gasteiger partial charge in [0.1, 0.15) is 5.75 Å². The lowest BCUT2D eigenvalue weighted by Crippen LogP contribution is -2.23. The molecular formula is C20H21ClN2O. The number of likely N-dealkylation sites (N-methyl/N-ethyl adjacent to an activating group) is 1. The van der Waals surface area contributed by atoms with Crippen LogP contribution < -0.4 is 10.1 Å². The van der Waals surface area contributed by atoms with Crippen molar-refractivity contribution >= 4 is 12.4 Å². The Morgan fingerprint density at radius 1 is 0.958 bits per heavy atom. The van der Waals surface area contributed by atoms with Gasteiger partial charge in [0, 0.05) is 18.3 Å². The second kappa shape index (κ2) is 7.12. The number of benzene rings is 2. The second-order valence-electron chi connectivity index (χ2n) is 5.86. The van der Waals surface area contributed by atoms with Gasteiger partial charge in [-0.15, -0.1) is 12.4 Å². The molecule has 0 spiro atoms. The van der Waals surface area contributed by atoms with Crippen LogP contribution >= 0.6 is 12.4 Å². The third-order valence-corrected chi connectivity index (χ3v) is 4.41. The number of nitrogens with zero attached hydrogens (tertiary/aromatic N) is 1. The van der Waals surface area contributed by atoms with Gasteiger partial charge in [0.2, 0.25) is 0 Å². The number of para-hydroxylation sites is 1. The highest BCUT2D eigenvalue weighted by Crippen LogP contribution is 2.40. The van der Waals surface area contributed by atoms with Crippen molar-refractivity contribution in [2.75, 3.05) is 13.6 Å². The van der Waals surface area contributed by atoms with Crippen molar-refractivity contribution in [2.45, 2.75) is 12.1 Å². The smallest absolute Gasteiger partial charge is 0.151 e. The molecule has 3 aromatic rings. The highest BCUT2D eigenvalue weighted by Gasteiger charge is 2.29. The molecule has 2 unspecified atom stereocenters. The molecule has 1 N–H and O–H groups in total. The second-order valence-corrected chi connectivity index (χ2v) is 5.86. The standard InChI is InChI=1S/C20H20N2O.ClH/c1-21-14-19-17-11-7-13-22(17)20(15-8-3-2-4-9-15)16-10-5-6-12-18(16)23-19;/h2-13,19-21H,14H2,1H3;1H. The maximum atomic E-state index is 6.35. The first-order chi connectivity index (χ1) is 11.4. The van der Waals surface area contributed by atoms with Gasteiger partial charge in [-0.1, -0.05) is 48.5 Å². The molecule has 2 atom stereocenters. The Kier molecular flexibility index (Phi) is 4.93. The van der Waals surface area contributed by atoms with E-state index in [9.17, 15) is 0 Å². The number of hydrogen-bond donors (Lipinski definition) is 1. The topological polar surface area (TPSA) is 26.2 Å². The first kappa shape index (κ1) is 16.6. The predicted octanol–water partition coefficient (Wildman–Crippen LogP) is 4.20. The Morgan fingerprint density at radius 3 is 2.50 bits per heavy atom. The lowest BCUT2D eigenvalue weighted by molar-refractivity contribution is 0.201. The van der Waals surface area contributed by atoms with Gasteiger partial charge in [0.05, 0.1) is 11.7 Å². The molecule has 3 nitrogen and oxygen atoms in total. The van der Waals surface area contributed by atoms with Crippen LogP contribution in [0.25, 0.3) is 0 Å². The summed E-state index contributed by atoms with van der Waals surface area (Å²) >= 11 is 0. The van der Waals surface area contributed by atoms with E-state index in [-0.39, 0.29) is 24.6 Å². The van der Waals surface area contributed by atoms with Gasteiger partial charge < -0.3 is 14.6 Å². The van der Waals surface area contributed by atoms with E-state index >= 15 is 0 Å². The fraction of sp³-hybridized carbons (Fsp3) is 0.200. The molecule has 124 valence electrons. The zero-order chi connectivity index (χ0) is 15.6. The average Bonchev–Trinajstić information content (AvgIpc) is 3.02. The summed E-state index contributed by atoms with van der Waals surface area (Å²) in [7, 11) is 1.96. The Labute approximate surface area is 148 Å². The zero-order valence-corrected chi connectivity index (χ0v) is 14.4. The molecule has 1 aliphatic heterocycles. The number of halogens is 1. The molecule has 0 saturated heterocycles. The van der Waals surface area contributed by atoms with Crippen LogP contribution in [-0.4, -0.2) is 18.2 Å². The van der Waals surface area contributed by atoms with Crippen molar-refractivity contribution < 1.29 is 4.74 Å². The molecule has 0 aliphatic carbocycles. The van der Waals surface area contributed by atoms with E-state index in [1.807, 2.05) is 13.1 Å². The fourth-order valence-corrected chi connectivity index (χ4v) is 3.40. The summed E-state index contributed by atoms with van der Waals surface area (Å²) in [5.41, 5.74) is 3.67. The minimum absolute atomic E-state index is 0. The number of aromatic nitrogens is 1. The largest absolute Gasteiger partial charge is 0.482 e. The predicted molar refractivity (Wildman–Crippen MR) is 99.1 cm³/mol. The third-order valence-electron chi connectivity index (χ3n) is 4.41. The molecule has 0 amide bonds. The van der Waals surface area contributed by atoms with Gasteiger partial charge in [-0.25, -0.2) is 0 Å². The lowest BCUT2D eigenvalue weighted by Gasteiger charge is -2.21. The summed E-state index contributed by atoms with van der Waals surface area (Å²) in [6.45, 7) is 0.778. The number of ether oxygens (including phenoxy) is 1. The Balaban J connectivity index is 0.00000169. The van der Waals surface area contributed by atoms with E-state index in [0.717, 1.165) is 12.3 Å². The number of hydrogen-bond acceptors (Lipinski definition) is 2. The normalized spacial score (nSPS) is 18.5. The highest BCUT2D eigenvalue weighted by molar-refractivity contribution is 5.85. The quantitative estimate of drug-likeness (QED) is 0.773. The molecule has 2 heterocycles. The van der Waals surface area contributed by atoms with Crippen LogP contribution in [0, 0.1) is 0 Å². The van der Waals surface area contributed by atoms with E-state index < -0.39 is 0 Å². The monoisotopic (exact) mass is 340 g/mol. The summed E-state index contributed by atoms with van der Waals surface area (Å²) < 4.78 is 8.69. The summed E-state index contributed by atoms with van der Waals surface area (Å²) in [4.78, 5) is 0. The van der Waals surface area contributed by atoms with Crippen molar-refractivity contribution in [3.05, 3.63) is 89.7 Å². The Hall–Kier alpha value is -2.23. The molecule has 4 rings (SSSR count). The molecule has 0 bridgehead atoms. The maximum Gasteiger partial charge on any atom is 0.151 e. The molecular weight excluding hydrogens is 320 g/mol. The van der Waals surface area contributed by atoms with Gasteiger partial charge in [-0.05, 0) is 30.8 Å². The molecule has 0 radical (unpaired) electrons. The highest BCUT2D eigenvalue weighted by atomic mass is 35.5. The van der Waals surface area contributed by atoms with Gasteiger partial charge in [0.25, 0.3) is 0 Å². The van der Waals surface area contributed by atoms with Crippen molar-refractivity contribution in [3.8, 4) is 5.75 Å². The third kappa shape index (κ3) is 2.81. The summed E-state index contributed by atoms with van der Waals surface area (Å²) in [6.07, 6.45) is 2.16. The van der Waals surface area contributed by atoms with Crippen LogP contribution in [0.4, 0.5) is 0 Å². The first-order valence-electron chi connectivity index (χ1n) is 8.00. The average molecular weight is 341 g/mol. The van der Waals surface area contributed by atoms with E-state index in [4.69, 9.17) is 4.74 Å². The van der Waals surface area contributed by atoms with E-state index in [1.165, 1.54) is 16.8 Å². The number of nitrogens with one attached hydrogen (secondary N) is 1. The summed E-state index contributed by atoms with van der Waals surface area (Å²) in [5, 5.41) is 3.24. The molecule has 24 heavy (non-hydrogen) atoms. The molecule has 1 aromatic heterocycles. The molecule has 1 aliphatic rings. The van der Waals surface area contributed by atoms with Gasteiger partial charge in [-0.3, -0.25) is 0 Å². The van der Waals surface area contributed by atoms with Gasteiger partial charge in [0.15, 0.2) is 6.10 Å². The fourth-order valence-electron chi connectivity index (χ4n) is 3.40. The maximum absolute atomic E-state index is 6.35. The van der Waals surface area contributed by atoms with Crippen molar-refractivity contribution in [3.63, 3.8) is 0 Å². The molecule has 0 saturated carbocycles. The van der Waals surface area contributed by atoms with Crippen molar-refractivity contribution in [2.24, 2.45) is 0 Å². The van der Waals surface area contributed by atoms with Crippen molar-refractivity contribution in [1.82, 2.24) is 9.88 Å². The first-order valence-corrected chi connectivity index (χ1v) is 8.00. The molecule has 0 fully saturated rings. The minimum Gasteiger partial charge on any atom is -0.482 e. The lowest BCUT2D eigenvalue weighted by atomic mass is 9.97. The zero-order valence-electron chi connectivity index (χ0n) is 13.6. The van der Waals surface area contributed by atoms with Crippen LogP contribution in [0.5, 0.6) is 5.75 Å². The van der Waals surface area contributed by atoms with Gasteiger partial charge in [-0.2, -0.15) is 0 Å². The minimum atomic E-state index is 0. The summed E-state index contributed by atoms with van der Waals surface area (Å²) in [6, 6.07) is 23.4. The molecule has 2 aromatic carbocycles. The van der Waals surface area contributed by atoms with Gasteiger partial charge >= 0.3 is 0 Å². The SMILES string of the molecule is CNCC1Oc2ccccc2C(c2ccccc2)n2cccc21.Cl. The van der Waals surface area contributed by atoms with Crippen LogP contribution in [0.2, 0.25) is 0 Å². The molecule has 4 heteroatoms. The van der Waals surface area contributed by atoms with E-state index in [1.54, 1.807) is 0 Å². The number of fused-ring (bicyclic) bond motifs is 2. The number of rotatable bonds is 3. The van der Waals surface area contributed by atoms with Crippen LogP contribution in [0.3, 0.4) is 0 Å². The Bertz CT molecular complexity index is 800.